The largest absolute Gasteiger partial charge is 0.382 e. The Morgan fingerprint density at radius 3 is 2.76 bits per heavy atom. The minimum absolute atomic E-state index is 0.480. The number of piperidine rings is 1. The quantitative estimate of drug-likeness (QED) is 0.884. The first-order valence-electron chi connectivity index (χ1n) is 10.2. The molecule has 1 aromatic rings. The molecule has 4 heteroatoms. The minimum atomic E-state index is 0.480. The lowest BCUT2D eigenvalue weighted by atomic mass is 9.93. The van der Waals surface area contributed by atoms with E-state index < -0.39 is 0 Å². The molecule has 0 saturated carbocycles. The van der Waals surface area contributed by atoms with Crippen LogP contribution in [0.1, 0.15) is 39.0 Å². The topological polar surface area (TPSA) is 27.7 Å². The van der Waals surface area contributed by atoms with Crippen LogP contribution in [0.4, 0.5) is 11.4 Å². The third-order valence-electron chi connectivity index (χ3n) is 6.14. The second-order valence-corrected chi connectivity index (χ2v) is 8.16. The summed E-state index contributed by atoms with van der Waals surface area (Å²) in [7, 11) is 0. The zero-order valence-corrected chi connectivity index (χ0v) is 15.6. The van der Waals surface area contributed by atoms with Crippen molar-refractivity contribution < 1.29 is 4.74 Å². The average Bonchev–Trinajstić information content (AvgIpc) is 3.31. The van der Waals surface area contributed by atoms with Crippen molar-refractivity contribution in [1.29, 1.82) is 0 Å². The molecule has 138 valence electrons. The van der Waals surface area contributed by atoms with Crippen molar-refractivity contribution in [3.8, 4) is 0 Å². The van der Waals surface area contributed by atoms with E-state index in [2.05, 4.69) is 46.3 Å². The van der Waals surface area contributed by atoms with Gasteiger partial charge in [-0.2, -0.15) is 0 Å². The first kappa shape index (κ1) is 17.2. The molecule has 0 spiro atoms. The SMILES string of the molecule is C[C@@H]1CN(C[C@H]2CCCO2)CC[C@H]1Nc1cccc(N2CCCC2)c1. The molecule has 3 heterocycles. The van der Waals surface area contributed by atoms with Gasteiger partial charge in [-0.15, -0.1) is 0 Å². The molecule has 0 amide bonds. The molecule has 3 aliphatic rings. The van der Waals surface area contributed by atoms with Gasteiger partial charge >= 0.3 is 0 Å². The van der Waals surface area contributed by atoms with Gasteiger partial charge in [0.2, 0.25) is 0 Å². The summed E-state index contributed by atoms with van der Waals surface area (Å²) in [6, 6.07) is 9.61. The van der Waals surface area contributed by atoms with E-state index in [0.717, 1.165) is 13.2 Å². The predicted molar refractivity (Wildman–Crippen MR) is 104 cm³/mol. The van der Waals surface area contributed by atoms with Crippen molar-refractivity contribution in [3.05, 3.63) is 24.3 Å². The number of likely N-dealkylation sites (tertiary alicyclic amines) is 1. The molecule has 4 nitrogen and oxygen atoms in total. The van der Waals surface area contributed by atoms with E-state index in [9.17, 15) is 0 Å². The van der Waals surface area contributed by atoms with Gasteiger partial charge < -0.3 is 19.9 Å². The fourth-order valence-electron chi connectivity index (χ4n) is 4.67. The van der Waals surface area contributed by atoms with Crippen molar-refractivity contribution in [3.63, 3.8) is 0 Å². The van der Waals surface area contributed by atoms with Crippen LogP contribution in [0.5, 0.6) is 0 Å². The maximum atomic E-state index is 5.81. The molecule has 0 radical (unpaired) electrons. The summed E-state index contributed by atoms with van der Waals surface area (Å²) in [6.07, 6.45) is 6.85. The van der Waals surface area contributed by atoms with Crippen LogP contribution in [0.3, 0.4) is 0 Å². The number of hydrogen-bond donors (Lipinski definition) is 1. The number of hydrogen-bond acceptors (Lipinski definition) is 4. The van der Waals surface area contributed by atoms with E-state index in [-0.39, 0.29) is 0 Å². The first-order valence-corrected chi connectivity index (χ1v) is 10.2. The summed E-state index contributed by atoms with van der Waals surface area (Å²) in [5, 5.41) is 3.82. The van der Waals surface area contributed by atoms with Crippen LogP contribution in [0, 0.1) is 5.92 Å². The molecule has 1 N–H and O–H groups in total. The van der Waals surface area contributed by atoms with Gasteiger partial charge in [-0.3, -0.25) is 0 Å². The van der Waals surface area contributed by atoms with Crippen LogP contribution < -0.4 is 10.2 Å². The minimum Gasteiger partial charge on any atom is -0.382 e. The van der Waals surface area contributed by atoms with Crippen LogP contribution in [0.2, 0.25) is 0 Å². The summed E-state index contributed by atoms with van der Waals surface area (Å²) in [4.78, 5) is 5.12. The number of nitrogens with one attached hydrogen (secondary N) is 1. The van der Waals surface area contributed by atoms with Gasteiger partial charge in [0.1, 0.15) is 0 Å². The van der Waals surface area contributed by atoms with Crippen molar-refractivity contribution in [2.45, 2.75) is 51.2 Å². The number of nitrogens with zero attached hydrogens (tertiary/aromatic N) is 2. The van der Waals surface area contributed by atoms with Crippen molar-refractivity contribution in [1.82, 2.24) is 4.90 Å². The van der Waals surface area contributed by atoms with Crippen molar-refractivity contribution in [2.24, 2.45) is 5.92 Å². The molecular formula is C21H33N3O. The molecule has 1 aromatic carbocycles. The predicted octanol–water partition coefficient (Wildman–Crippen LogP) is 3.59. The fraction of sp³-hybridized carbons (Fsp3) is 0.714. The normalized spacial score (nSPS) is 30.8. The molecule has 4 rings (SSSR count). The Morgan fingerprint density at radius 2 is 2.00 bits per heavy atom. The standard InChI is InChI=1S/C21H33N3O/c1-17-15-23(16-20-8-5-13-25-20)12-9-21(17)22-18-6-4-7-19(14-18)24-10-2-3-11-24/h4,6-7,14,17,20-22H,2-3,5,8-13,15-16H2,1H3/t17-,20-,21-/m1/s1. The van der Waals surface area contributed by atoms with Gasteiger partial charge in [0.25, 0.3) is 0 Å². The lowest BCUT2D eigenvalue weighted by Crippen LogP contribution is -2.47. The molecule has 25 heavy (non-hydrogen) atoms. The van der Waals surface area contributed by atoms with Gasteiger partial charge in [0, 0.05) is 56.7 Å². The highest BCUT2D eigenvalue weighted by molar-refractivity contribution is 5.58. The summed E-state index contributed by atoms with van der Waals surface area (Å²) < 4.78 is 5.81. The second kappa shape index (κ2) is 7.96. The zero-order chi connectivity index (χ0) is 17.1. The van der Waals surface area contributed by atoms with E-state index in [4.69, 9.17) is 4.74 Å². The fourth-order valence-corrected chi connectivity index (χ4v) is 4.67. The second-order valence-electron chi connectivity index (χ2n) is 8.16. The molecule has 0 bridgehead atoms. The summed E-state index contributed by atoms with van der Waals surface area (Å²) in [5.74, 6) is 0.672. The highest BCUT2D eigenvalue weighted by atomic mass is 16.5. The maximum Gasteiger partial charge on any atom is 0.0702 e. The number of anilines is 2. The molecule has 0 unspecified atom stereocenters. The third kappa shape index (κ3) is 4.29. The van der Waals surface area contributed by atoms with Crippen LogP contribution in [-0.2, 0) is 4.74 Å². The molecular weight excluding hydrogens is 310 g/mol. The Balaban J connectivity index is 1.31. The molecule has 3 aliphatic heterocycles. The smallest absolute Gasteiger partial charge is 0.0702 e. The Morgan fingerprint density at radius 1 is 1.12 bits per heavy atom. The Bertz CT molecular complexity index is 552. The average molecular weight is 344 g/mol. The lowest BCUT2D eigenvalue weighted by molar-refractivity contribution is 0.0563. The zero-order valence-electron chi connectivity index (χ0n) is 15.6. The monoisotopic (exact) mass is 343 g/mol. The Hall–Kier alpha value is -1.26. The number of ether oxygens (including phenoxy) is 1. The van der Waals surface area contributed by atoms with Crippen molar-refractivity contribution >= 4 is 11.4 Å². The van der Waals surface area contributed by atoms with Gasteiger partial charge in [-0.1, -0.05) is 13.0 Å². The third-order valence-corrected chi connectivity index (χ3v) is 6.14. The Kier molecular flexibility index (Phi) is 5.47. The molecule has 3 atom stereocenters. The van der Waals surface area contributed by atoms with E-state index in [1.807, 2.05) is 0 Å². The summed E-state index contributed by atoms with van der Waals surface area (Å²) in [5.41, 5.74) is 2.67. The maximum absolute atomic E-state index is 5.81. The van der Waals surface area contributed by atoms with Gasteiger partial charge in [0.15, 0.2) is 0 Å². The van der Waals surface area contributed by atoms with E-state index in [1.165, 1.54) is 69.7 Å². The van der Waals surface area contributed by atoms with E-state index in [1.54, 1.807) is 0 Å². The highest BCUT2D eigenvalue weighted by Gasteiger charge is 2.28. The number of benzene rings is 1. The highest BCUT2D eigenvalue weighted by Crippen LogP contribution is 2.27. The summed E-state index contributed by atoms with van der Waals surface area (Å²) in [6.45, 7) is 9.27. The summed E-state index contributed by atoms with van der Waals surface area (Å²) >= 11 is 0. The van der Waals surface area contributed by atoms with Crippen molar-refractivity contribution in [2.75, 3.05) is 49.5 Å². The van der Waals surface area contributed by atoms with Gasteiger partial charge in [-0.25, -0.2) is 0 Å². The van der Waals surface area contributed by atoms with Crippen LogP contribution >= 0.6 is 0 Å². The Labute approximate surface area is 152 Å². The molecule has 0 aromatic heterocycles. The molecule has 0 aliphatic carbocycles. The molecule has 3 saturated heterocycles. The van der Waals surface area contributed by atoms with E-state index >= 15 is 0 Å². The van der Waals surface area contributed by atoms with Crippen LogP contribution in [0.25, 0.3) is 0 Å². The molecule has 3 fully saturated rings. The number of rotatable bonds is 5. The van der Waals surface area contributed by atoms with Gasteiger partial charge in [0.05, 0.1) is 6.10 Å². The van der Waals surface area contributed by atoms with Crippen LogP contribution in [0.15, 0.2) is 24.3 Å². The lowest BCUT2D eigenvalue weighted by Gasteiger charge is -2.38. The van der Waals surface area contributed by atoms with Gasteiger partial charge in [-0.05, 0) is 56.2 Å². The van der Waals surface area contributed by atoms with E-state index in [0.29, 0.717) is 18.1 Å². The first-order chi connectivity index (χ1) is 12.3. The van der Waals surface area contributed by atoms with Crippen LogP contribution in [-0.4, -0.2) is 56.4 Å².